The van der Waals surface area contributed by atoms with Crippen LogP contribution in [0.15, 0.2) is 97.1 Å². The number of para-hydroxylation sites is 2. The van der Waals surface area contributed by atoms with E-state index >= 15 is 0 Å². The largest absolute Gasteiger partial charge is 0.292 e. The number of hydrogen-bond donors (Lipinski definition) is 0. The van der Waals surface area contributed by atoms with Crippen molar-refractivity contribution >= 4 is 42.7 Å². The lowest BCUT2D eigenvalue weighted by Crippen LogP contribution is -2.11. The highest BCUT2D eigenvalue weighted by molar-refractivity contribution is 7.26. The zero-order chi connectivity index (χ0) is 27.6. The predicted molar refractivity (Wildman–Crippen MR) is 166 cm³/mol. The van der Waals surface area contributed by atoms with Crippen LogP contribution in [0.4, 0.5) is 4.39 Å². The summed E-state index contributed by atoms with van der Waals surface area (Å²) in [5, 5.41) is 2.33. The number of fused-ring (bicyclic) bond motifs is 4. The van der Waals surface area contributed by atoms with E-state index in [1.165, 1.54) is 33.3 Å². The van der Waals surface area contributed by atoms with Crippen LogP contribution in [0.25, 0.3) is 59.7 Å². The number of halogens is 1. The molecule has 0 saturated heterocycles. The molecule has 0 aliphatic heterocycles. The second-order valence-electron chi connectivity index (χ2n) is 11.3. The summed E-state index contributed by atoms with van der Waals surface area (Å²) in [4.78, 5) is 11.1. The minimum Gasteiger partial charge on any atom is -0.292 e. The highest BCUT2D eigenvalue weighted by atomic mass is 32.1. The molecule has 0 atom stereocenters. The minimum absolute atomic E-state index is 0.0817. The molecule has 0 spiro atoms. The first-order valence-electron chi connectivity index (χ1n) is 13.5. The van der Waals surface area contributed by atoms with Crippen molar-refractivity contribution in [2.75, 3.05) is 0 Å². The van der Waals surface area contributed by atoms with Crippen LogP contribution in [0.5, 0.6) is 0 Å². The molecule has 4 aromatic carbocycles. The lowest BCUT2D eigenvalue weighted by molar-refractivity contribution is 0.590. The van der Waals surface area contributed by atoms with E-state index in [9.17, 15) is 4.39 Å². The van der Waals surface area contributed by atoms with Crippen molar-refractivity contribution in [3.63, 3.8) is 0 Å². The van der Waals surface area contributed by atoms with Gasteiger partial charge < -0.3 is 0 Å². The van der Waals surface area contributed by atoms with Gasteiger partial charge in [0.25, 0.3) is 0 Å². The first-order valence-corrected chi connectivity index (χ1v) is 14.3. The van der Waals surface area contributed by atoms with Gasteiger partial charge in [-0.3, -0.25) is 4.57 Å². The molecular formula is C35H28FN3S. The molecule has 0 bridgehead atoms. The summed E-state index contributed by atoms with van der Waals surface area (Å²) < 4.78 is 17.0. The Morgan fingerprint density at radius 2 is 1.52 bits per heavy atom. The number of hydrogen-bond acceptors (Lipinski definition) is 3. The number of aromatic nitrogens is 3. The molecule has 0 amide bonds. The van der Waals surface area contributed by atoms with E-state index in [4.69, 9.17) is 9.97 Å². The number of nitrogens with zero attached hydrogens (tertiary/aromatic N) is 3. The summed E-state index contributed by atoms with van der Waals surface area (Å²) >= 11 is 1.69. The van der Waals surface area contributed by atoms with Gasteiger partial charge in [0.05, 0.1) is 16.7 Å². The molecule has 0 fully saturated rings. The van der Waals surface area contributed by atoms with E-state index in [1.54, 1.807) is 23.5 Å². The molecule has 40 heavy (non-hydrogen) atoms. The molecule has 5 heteroatoms. The first-order chi connectivity index (χ1) is 19.3. The summed E-state index contributed by atoms with van der Waals surface area (Å²) in [6.45, 7) is 8.86. The van der Waals surface area contributed by atoms with Gasteiger partial charge in [0.15, 0.2) is 0 Å². The lowest BCUT2D eigenvalue weighted by atomic mass is 9.87. The summed E-state index contributed by atoms with van der Waals surface area (Å²) in [5.74, 6) is 0.669. The van der Waals surface area contributed by atoms with Gasteiger partial charge in [-0.1, -0.05) is 51.1 Å². The standard InChI is InChI=1S/C35H28FN3S/c1-21-9-18-27(32-31(21)26-19-20-28(38-34(26)40-32)22-10-14-24(36)15-11-22)33-37-29-7-5-6-8-30(29)39(33)25-16-12-23(13-17-25)35(2,3)4/h5-20H,1-4H3. The Kier molecular flexibility index (Phi) is 5.62. The van der Waals surface area contributed by atoms with Gasteiger partial charge in [0.1, 0.15) is 16.5 Å². The smallest absolute Gasteiger partial charge is 0.147 e. The lowest BCUT2D eigenvalue weighted by Gasteiger charge is -2.19. The van der Waals surface area contributed by atoms with Gasteiger partial charge in [-0.25, -0.2) is 14.4 Å². The monoisotopic (exact) mass is 541 g/mol. The number of imidazole rings is 1. The van der Waals surface area contributed by atoms with Crippen LogP contribution in [0.2, 0.25) is 0 Å². The Morgan fingerprint density at radius 3 is 2.27 bits per heavy atom. The third-order valence-electron chi connectivity index (χ3n) is 7.63. The second-order valence-corrected chi connectivity index (χ2v) is 12.3. The number of pyridine rings is 1. The van der Waals surface area contributed by atoms with Crippen LogP contribution >= 0.6 is 11.3 Å². The molecule has 196 valence electrons. The molecule has 0 radical (unpaired) electrons. The summed E-state index contributed by atoms with van der Waals surface area (Å²) in [5.41, 5.74) is 8.54. The molecule has 3 aromatic heterocycles. The van der Waals surface area contributed by atoms with Crippen LogP contribution in [-0.4, -0.2) is 14.5 Å². The van der Waals surface area contributed by atoms with E-state index in [0.29, 0.717) is 0 Å². The van der Waals surface area contributed by atoms with Crippen molar-refractivity contribution < 1.29 is 4.39 Å². The van der Waals surface area contributed by atoms with E-state index in [2.05, 4.69) is 92.9 Å². The summed E-state index contributed by atoms with van der Waals surface area (Å²) in [6.07, 6.45) is 0. The van der Waals surface area contributed by atoms with Gasteiger partial charge in [0.2, 0.25) is 0 Å². The van der Waals surface area contributed by atoms with Gasteiger partial charge in [0, 0.05) is 32.3 Å². The average Bonchev–Trinajstić information content (AvgIpc) is 3.52. The topological polar surface area (TPSA) is 30.7 Å². The Hall–Kier alpha value is -4.35. The highest BCUT2D eigenvalue weighted by Gasteiger charge is 2.21. The van der Waals surface area contributed by atoms with E-state index in [1.807, 2.05) is 12.1 Å². The number of thiophene rings is 1. The van der Waals surface area contributed by atoms with Crippen LogP contribution in [-0.2, 0) is 5.41 Å². The number of aryl methyl sites for hydroxylation is 1. The first kappa shape index (κ1) is 24.7. The molecule has 0 N–H and O–H groups in total. The fourth-order valence-corrected chi connectivity index (χ4v) is 6.72. The molecule has 7 aromatic rings. The van der Waals surface area contributed by atoms with Gasteiger partial charge >= 0.3 is 0 Å². The Labute approximate surface area is 236 Å². The SMILES string of the molecule is Cc1ccc(-c2nc3ccccc3n2-c2ccc(C(C)(C)C)cc2)c2sc3nc(-c4ccc(F)cc4)ccc3c12. The Balaban J connectivity index is 1.46. The van der Waals surface area contributed by atoms with E-state index in [-0.39, 0.29) is 11.2 Å². The maximum absolute atomic E-state index is 13.5. The summed E-state index contributed by atoms with van der Waals surface area (Å²) in [7, 11) is 0. The molecule has 3 heterocycles. The van der Waals surface area contributed by atoms with Crippen LogP contribution < -0.4 is 0 Å². The zero-order valence-electron chi connectivity index (χ0n) is 22.9. The molecular weight excluding hydrogens is 513 g/mol. The van der Waals surface area contributed by atoms with Crippen molar-refractivity contribution in [2.24, 2.45) is 0 Å². The highest BCUT2D eigenvalue weighted by Crippen LogP contribution is 2.42. The fraction of sp³-hybridized carbons (Fsp3) is 0.143. The van der Waals surface area contributed by atoms with Crippen LogP contribution in [0.1, 0.15) is 31.9 Å². The molecule has 0 aliphatic carbocycles. The summed E-state index contributed by atoms with van der Waals surface area (Å²) in [6, 6.07) is 32.2. The predicted octanol–water partition coefficient (Wildman–Crippen LogP) is 9.87. The zero-order valence-corrected chi connectivity index (χ0v) is 23.7. The van der Waals surface area contributed by atoms with Crippen molar-refractivity contribution in [1.29, 1.82) is 0 Å². The van der Waals surface area contributed by atoms with Crippen molar-refractivity contribution in [3.8, 4) is 28.3 Å². The quantitative estimate of drug-likeness (QED) is 0.223. The molecule has 3 nitrogen and oxygen atoms in total. The second kappa shape index (κ2) is 9.10. The maximum atomic E-state index is 13.5. The van der Waals surface area contributed by atoms with Gasteiger partial charge in [-0.2, -0.15) is 0 Å². The van der Waals surface area contributed by atoms with Crippen LogP contribution in [0.3, 0.4) is 0 Å². The molecule has 0 saturated carbocycles. The van der Waals surface area contributed by atoms with E-state index < -0.39 is 0 Å². The van der Waals surface area contributed by atoms with Crippen molar-refractivity contribution in [1.82, 2.24) is 14.5 Å². The Morgan fingerprint density at radius 1 is 0.775 bits per heavy atom. The molecule has 0 unspecified atom stereocenters. The average molecular weight is 542 g/mol. The minimum atomic E-state index is -0.247. The Bertz CT molecular complexity index is 2040. The normalized spacial score (nSPS) is 12.1. The maximum Gasteiger partial charge on any atom is 0.147 e. The van der Waals surface area contributed by atoms with Crippen molar-refractivity contribution in [3.05, 3.63) is 114 Å². The molecule has 0 aliphatic rings. The van der Waals surface area contributed by atoms with Crippen molar-refractivity contribution in [2.45, 2.75) is 33.1 Å². The number of benzene rings is 4. The van der Waals surface area contributed by atoms with Crippen LogP contribution in [0, 0.1) is 12.7 Å². The van der Waals surface area contributed by atoms with Gasteiger partial charge in [-0.15, -0.1) is 11.3 Å². The number of rotatable bonds is 3. The van der Waals surface area contributed by atoms with Gasteiger partial charge in [-0.05, 0) is 90.2 Å². The third kappa shape index (κ3) is 4.00. The molecule has 7 rings (SSSR count). The third-order valence-corrected chi connectivity index (χ3v) is 8.76. The fourth-order valence-electron chi connectivity index (χ4n) is 5.46. The van der Waals surface area contributed by atoms with E-state index in [0.717, 1.165) is 49.6 Å².